The van der Waals surface area contributed by atoms with Crippen molar-refractivity contribution in [1.29, 1.82) is 0 Å². The second kappa shape index (κ2) is 5.96. The third-order valence-electron chi connectivity index (χ3n) is 3.75. The van der Waals surface area contributed by atoms with Crippen molar-refractivity contribution in [3.05, 3.63) is 22.4 Å². The lowest BCUT2D eigenvalue weighted by atomic mass is 9.83. The molecule has 3 nitrogen and oxygen atoms in total. The third-order valence-corrected chi connectivity index (χ3v) is 4.48. The van der Waals surface area contributed by atoms with Crippen molar-refractivity contribution >= 4 is 11.3 Å². The quantitative estimate of drug-likeness (QED) is 0.877. The van der Waals surface area contributed by atoms with E-state index in [0.717, 1.165) is 38.9 Å². The highest BCUT2D eigenvalue weighted by molar-refractivity contribution is 7.07. The number of hydrogen-bond donors (Lipinski definition) is 1. The summed E-state index contributed by atoms with van der Waals surface area (Å²) in [7, 11) is 1.77. The zero-order valence-electron chi connectivity index (χ0n) is 10.4. The van der Waals surface area contributed by atoms with Crippen molar-refractivity contribution < 1.29 is 9.47 Å². The topological polar surface area (TPSA) is 44.5 Å². The van der Waals surface area contributed by atoms with Gasteiger partial charge in [0, 0.05) is 39.2 Å². The number of hydrogen-bond acceptors (Lipinski definition) is 4. The fourth-order valence-electron chi connectivity index (χ4n) is 2.46. The second-order valence-corrected chi connectivity index (χ2v) is 5.44. The molecular formula is C13H21NO2S. The van der Waals surface area contributed by atoms with E-state index >= 15 is 0 Å². The maximum Gasteiger partial charge on any atom is 0.0872 e. The predicted molar refractivity (Wildman–Crippen MR) is 70.4 cm³/mol. The monoisotopic (exact) mass is 255 g/mol. The predicted octanol–water partition coefficient (Wildman–Crippen LogP) is 2.20. The van der Waals surface area contributed by atoms with Crippen molar-refractivity contribution in [1.82, 2.24) is 0 Å². The van der Waals surface area contributed by atoms with Gasteiger partial charge in [-0.05, 0) is 35.2 Å². The van der Waals surface area contributed by atoms with E-state index < -0.39 is 0 Å². The first kappa shape index (κ1) is 13.0. The van der Waals surface area contributed by atoms with E-state index in [9.17, 15) is 0 Å². The molecule has 1 saturated heterocycles. The molecule has 96 valence electrons. The molecule has 1 fully saturated rings. The van der Waals surface area contributed by atoms with Gasteiger partial charge < -0.3 is 15.2 Å². The van der Waals surface area contributed by atoms with Gasteiger partial charge >= 0.3 is 0 Å². The molecule has 4 heteroatoms. The minimum atomic E-state index is -0.172. The largest absolute Gasteiger partial charge is 0.381 e. The Labute approximate surface area is 107 Å². The number of rotatable bonds is 5. The molecule has 0 amide bonds. The number of aryl methyl sites for hydroxylation is 1. The van der Waals surface area contributed by atoms with Gasteiger partial charge in [-0.3, -0.25) is 0 Å². The van der Waals surface area contributed by atoms with Gasteiger partial charge in [0.1, 0.15) is 0 Å². The summed E-state index contributed by atoms with van der Waals surface area (Å²) < 4.78 is 11.1. The highest BCUT2D eigenvalue weighted by Crippen LogP contribution is 2.29. The van der Waals surface area contributed by atoms with Gasteiger partial charge in [0.25, 0.3) is 0 Å². The third kappa shape index (κ3) is 3.07. The fraction of sp³-hybridized carbons (Fsp3) is 0.692. The highest BCUT2D eigenvalue weighted by Gasteiger charge is 2.38. The minimum absolute atomic E-state index is 0.0938. The van der Waals surface area contributed by atoms with E-state index in [4.69, 9.17) is 15.2 Å². The van der Waals surface area contributed by atoms with Crippen molar-refractivity contribution in [2.45, 2.75) is 37.3 Å². The average Bonchev–Trinajstić information content (AvgIpc) is 2.90. The Balaban J connectivity index is 1.90. The number of ether oxygens (including phenoxy) is 2. The zero-order valence-corrected chi connectivity index (χ0v) is 11.2. The summed E-state index contributed by atoms with van der Waals surface area (Å²) in [5, 5.41) is 4.30. The van der Waals surface area contributed by atoms with E-state index in [-0.39, 0.29) is 11.6 Å². The van der Waals surface area contributed by atoms with Crippen LogP contribution in [-0.2, 0) is 15.9 Å². The smallest absolute Gasteiger partial charge is 0.0872 e. The van der Waals surface area contributed by atoms with E-state index in [1.807, 2.05) is 0 Å². The first-order valence-corrected chi connectivity index (χ1v) is 7.11. The summed E-state index contributed by atoms with van der Waals surface area (Å²) in [6.45, 7) is 1.53. The molecule has 1 aliphatic rings. The summed E-state index contributed by atoms with van der Waals surface area (Å²) in [6.07, 6.45) is 3.84. The van der Waals surface area contributed by atoms with E-state index in [1.54, 1.807) is 18.4 Å². The standard InChI is InChI=1S/C13H21NO2S/c1-15-13(5-7-16-8-6-13)12(14)3-2-11-4-9-17-10-11/h4,9-10,12H,2-3,5-8,14H2,1H3. The molecule has 0 aromatic carbocycles. The number of methoxy groups -OCH3 is 1. The summed E-state index contributed by atoms with van der Waals surface area (Å²) in [4.78, 5) is 0. The normalized spacial score (nSPS) is 21.3. The lowest BCUT2D eigenvalue weighted by molar-refractivity contribution is -0.105. The summed E-state index contributed by atoms with van der Waals surface area (Å²) in [5.74, 6) is 0. The molecule has 17 heavy (non-hydrogen) atoms. The summed E-state index contributed by atoms with van der Waals surface area (Å²) in [5.41, 5.74) is 7.54. The Kier molecular flexibility index (Phi) is 4.56. The molecule has 2 heterocycles. The first-order valence-electron chi connectivity index (χ1n) is 6.16. The Morgan fingerprint density at radius 3 is 2.88 bits per heavy atom. The summed E-state index contributed by atoms with van der Waals surface area (Å²) >= 11 is 1.74. The van der Waals surface area contributed by atoms with Crippen molar-refractivity contribution in [2.24, 2.45) is 5.73 Å². The van der Waals surface area contributed by atoms with Gasteiger partial charge in [-0.2, -0.15) is 11.3 Å². The molecule has 2 rings (SSSR count). The lowest BCUT2D eigenvalue weighted by Crippen LogP contribution is -2.53. The molecule has 0 aliphatic carbocycles. The highest BCUT2D eigenvalue weighted by atomic mass is 32.1. The first-order chi connectivity index (χ1) is 8.27. The van der Waals surface area contributed by atoms with Gasteiger partial charge in [0.15, 0.2) is 0 Å². The van der Waals surface area contributed by atoms with E-state index in [1.165, 1.54) is 5.56 Å². The van der Waals surface area contributed by atoms with Gasteiger partial charge in [0.05, 0.1) is 5.60 Å². The summed E-state index contributed by atoms with van der Waals surface area (Å²) in [6, 6.07) is 2.26. The van der Waals surface area contributed by atoms with Crippen LogP contribution in [0.3, 0.4) is 0 Å². The van der Waals surface area contributed by atoms with Crippen LogP contribution >= 0.6 is 11.3 Å². The van der Waals surface area contributed by atoms with Crippen molar-refractivity contribution in [3.63, 3.8) is 0 Å². The minimum Gasteiger partial charge on any atom is -0.381 e. The van der Waals surface area contributed by atoms with Crippen LogP contribution < -0.4 is 5.73 Å². The van der Waals surface area contributed by atoms with Crippen LogP contribution in [-0.4, -0.2) is 32.0 Å². The van der Waals surface area contributed by atoms with E-state index in [2.05, 4.69) is 16.8 Å². The lowest BCUT2D eigenvalue weighted by Gasteiger charge is -2.40. The molecule has 2 N–H and O–H groups in total. The molecule has 1 atom stereocenters. The number of nitrogens with two attached hydrogens (primary N) is 1. The van der Waals surface area contributed by atoms with Crippen LogP contribution in [0.4, 0.5) is 0 Å². The Morgan fingerprint density at radius 2 is 2.29 bits per heavy atom. The Bertz CT molecular complexity index is 320. The SMILES string of the molecule is COC1(C(N)CCc2ccsc2)CCOCC1. The zero-order chi connectivity index (χ0) is 12.1. The van der Waals surface area contributed by atoms with E-state index in [0.29, 0.717) is 0 Å². The van der Waals surface area contributed by atoms with Gasteiger partial charge in [-0.1, -0.05) is 0 Å². The molecule has 1 aromatic rings. The molecular weight excluding hydrogens is 234 g/mol. The van der Waals surface area contributed by atoms with Crippen LogP contribution in [0.15, 0.2) is 16.8 Å². The van der Waals surface area contributed by atoms with Crippen molar-refractivity contribution in [3.8, 4) is 0 Å². The number of thiophene rings is 1. The Morgan fingerprint density at radius 1 is 1.53 bits per heavy atom. The molecule has 0 radical (unpaired) electrons. The fourth-order valence-corrected chi connectivity index (χ4v) is 3.17. The van der Waals surface area contributed by atoms with Crippen LogP contribution in [0.1, 0.15) is 24.8 Å². The molecule has 0 spiro atoms. The second-order valence-electron chi connectivity index (χ2n) is 4.66. The van der Waals surface area contributed by atoms with Crippen LogP contribution in [0, 0.1) is 0 Å². The average molecular weight is 255 g/mol. The molecule has 0 saturated carbocycles. The van der Waals surface area contributed by atoms with Crippen LogP contribution in [0.5, 0.6) is 0 Å². The molecule has 1 aromatic heterocycles. The molecule has 1 unspecified atom stereocenters. The van der Waals surface area contributed by atoms with Crippen LogP contribution in [0.2, 0.25) is 0 Å². The van der Waals surface area contributed by atoms with Crippen LogP contribution in [0.25, 0.3) is 0 Å². The Hall–Kier alpha value is -0.420. The van der Waals surface area contributed by atoms with Gasteiger partial charge in [0.2, 0.25) is 0 Å². The maximum absolute atomic E-state index is 6.33. The molecule has 0 bridgehead atoms. The van der Waals surface area contributed by atoms with Crippen molar-refractivity contribution in [2.75, 3.05) is 20.3 Å². The van der Waals surface area contributed by atoms with Gasteiger partial charge in [-0.25, -0.2) is 0 Å². The molecule has 1 aliphatic heterocycles. The maximum atomic E-state index is 6.33. The van der Waals surface area contributed by atoms with Gasteiger partial charge in [-0.15, -0.1) is 0 Å².